The second-order valence-corrected chi connectivity index (χ2v) is 4.50. The van der Waals surface area contributed by atoms with Crippen LogP contribution in [0, 0.1) is 0 Å². The minimum atomic E-state index is -0.260. The number of rotatable bonds is 3. The van der Waals surface area contributed by atoms with Crippen molar-refractivity contribution < 1.29 is 4.79 Å². The average Bonchev–Trinajstić information content (AvgIpc) is 2.37. The first-order chi connectivity index (χ1) is 9.08. The lowest BCUT2D eigenvalue weighted by Crippen LogP contribution is -2.12. The molecule has 19 heavy (non-hydrogen) atoms. The summed E-state index contributed by atoms with van der Waals surface area (Å²) in [5.41, 5.74) is 7.85. The van der Waals surface area contributed by atoms with Crippen molar-refractivity contribution in [3.8, 4) is 0 Å². The lowest BCUT2D eigenvalue weighted by molar-refractivity contribution is 0.102. The zero-order chi connectivity index (χ0) is 13.8. The van der Waals surface area contributed by atoms with Crippen LogP contribution in [-0.2, 0) is 6.42 Å². The van der Waals surface area contributed by atoms with Crippen LogP contribution >= 0.6 is 11.6 Å². The number of nitrogens with zero attached hydrogens (tertiary/aromatic N) is 1. The molecule has 1 heterocycles. The fourth-order valence-corrected chi connectivity index (χ4v) is 1.94. The Labute approximate surface area is 116 Å². The number of amides is 1. The Morgan fingerprint density at radius 3 is 2.84 bits per heavy atom. The molecule has 0 aliphatic carbocycles. The van der Waals surface area contributed by atoms with E-state index in [1.807, 2.05) is 24.3 Å². The van der Waals surface area contributed by atoms with Crippen molar-refractivity contribution in [2.45, 2.75) is 13.3 Å². The van der Waals surface area contributed by atoms with E-state index in [0.717, 1.165) is 17.7 Å². The van der Waals surface area contributed by atoms with Gasteiger partial charge in [-0.15, -0.1) is 0 Å². The van der Waals surface area contributed by atoms with E-state index >= 15 is 0 Å². The molecule has 0 saturated carbocycles. The molecule has 5 heteroatoms. The smallest absolute Gasteiger partial charge is 0.255 e. The van der Waals surface area contributed by atoms with Crippen molar-refractivity contribution in [2.24, 2.45) is 0 Å². The summed E-state index contributed by atoms with van der Waals surface area (Å²) in [7, 11) is 0. The van der Waals surface area contributed by atoms with Gasteiger partial charge >= 0.3 is 0 Å². The Hall–Kier alpha value is -2.07. The molecule has 0 radical (unpaired) electrons. The Morgan fingerprint density at radius 1 is 1.37 bits per heavy atom. The maximum Gasteiger partial charge on any atom is 0.255 e. The minimum absolute atomic E-state index is 0.201. The van der Waals surface area contributed by atoms with Crippen molar-refractivity contribution >= 4 is 29.0 Å². The number of nitrogens with two attached hydrogens (primary N) is 1. The minimum Gasteiger partial charge on any atom is -0.384 e. The largest absolute Gasteiger partial charge is 0.384 e. The quantitative estimate of drug-likeness (QED) is 0.846. The summed E-state index contributed by atoms with van der Waals surface area (Å²) in [4.78, 5) is 15.9. The molecule has 0 saturated heterocycles. The number of hydrogen-bond donors (Lipinski definition) is 2. The molecule has 98 valence electrons. The molecule has 0 bridgehead atoms. The number of nitrogen functional groups attached to an aromatic ring is 1. The monoisotopic (exact) mass is 275 g/mol. The number of pyridine rings is 1. The fourth-order valence-electron chi connectivity index (χ4n) is 1.72. The maximum atomic E-state index is 12.1. The topological polar surface area (TPSA) is 68.0 Å². The van der Waals surface area contributed by atoms with Gasteiger partial charge < -0.3 is 11.1 Å². The molecule has 1 amide bonds. The Morgan fingerprint density at radius 2 is 2.16 bits per heavy atom. The van der Waals surface area contributed by atoms with E-state index in [9.17, 15) is 4.79 Å². The van der Waals surface area contributed by atoms with E-state index < -0.39 is 0 Å². The lowest BCUT2D eigenvalue weighted by atomic mass is 10.1. The number of benzene rings is 1. The SMILES string of the molecule is CCc1cccc(NC(=O)c2cc(N)nc(Cl)c2)c1. The Balaban J connectivity index is 2.20. The van der Waals surface area contributed by atoms with Gasteiger partial charge in [0.1, 0.15) is 11.0 Å². The highest BCUT2D eigenvalue weighted by Gasteiger charge is 2.08. The normalized spacial score (nSPS) is 10.2. The second-order valence-electron chi connectivity index (χ2n) is 4.11. The zero-order valence-electron chi connectivity index (χ0n) is 10.5. The molecule has 0 aliphatic heterocycles. The van der Waals surface area contributed by atoms with E-state index in [4.69, 9.17) is 17.3 Å². The van der Waals surface area contributed by atoms with Gasteiger partial charge in [-0.25, -0.2) is 4.98 Å². The number of aryl methyl sites for hydroxylation is 1. The number of aromatic nitrogens is 1. The van der Waals surface area contributed by atoms with Gasteiger partial charge in [-0.1, -0.05) is 30.7 Å². The zero-order valence-corrected chi connectivity index (χ0v) is 11.2. The number of halogens is 1. The van der Waals surface area contributed by atoms with E-state index in [2.05, 4.69) is 17.2 Å². The number of hydrogen-bond acceptors (Lipinski definition) is 3. The number of carbonyl (C=O) groups is 1. The first kappa shape index (κ1) is 13.4. The van der Waals surface area contributed by atoms with Gasteiger partial charge in [-0.2, -0.15) is 0 Å². The third-order valence-electron chi connectivity index (χ3n) is 2.67. The highest BCUT2D eigenvalue weighted by atomic mass is 35.5. The molecule has 0 aliphatic rings. The summed E-state index contributed by atoms with van der Waals surface area (Å²) in [6.45, 7) is 2.06. The third-order valence-corrected chi connectivity index (χ3v) is 2.86. The molecule has 1 aromatic carbocycles. The highest BCUT2D eigenvalue weighted by Crippen LogP contribution is 2.16. The highest BCUT2D eigenvalue weighted by molar-refractivity contribution is 6.30. The van der Waals surface area contributed by atoms with Crippen molar-refractivity contribution in [3.63, 3.8) is 0 Å². The molecule has 3 N–H and O–H groups in total. The van der Waals surface area contributed by atoms with Crippen LogP contribution in [0.3, 0.4) is 0 Å². The van der Waals surface area contributed by atoms with Crippen LogP contribution in [0.4, 0.5) is 11.5 Å². The standard InChI is InChI=1S/C14H14ClN3O/c1-2-9-4-3-5-11(6-9)17-14(19)10-7-12(15)18-13(16)8-10/h3-8H,2H2,1H3,(H2,16,18)(H,17,19). The van der Waals surface area contributed by atoms with Crippen molar-refractivity contribution in [2.75, 3.05) is 11.1 Å². The van der Waals surface area contributed by atoms with Crippen LogP contribution in [0.1, 0.15) is 22.8 Å². The van der Waals surface area contributed by atoms with E-state index in [0.29, 0.717) is 5.56 Å². The third kappa shape index (κ3) is 3.45. The van der Waals surface area contributed by atoms with Crippen LogP contribution in [0.15, 0.2) is 36.4 Å². The molecule has 0 atom stereocenters. The molecular weight excluding hydrogens is 262 g/mol. The van der Waals surface area contributed by atoms with E-state index in [1.54, 1.807) is 0 Å². The molecule has 4 nitrogen and oxygen atoms in total. The predicted octanol–water partition coefficient (Wildman–Crippen LogP) is 3.13. The Kier molecular flexibility index (Phi) is 4.02. The summed E-state index contributed by atoms with van der Waals surface area (Å²) in [6, 6.07) is 10.7. The first-order valence-corrected chi connectivity index (χ1v) is 6.29. The number of anilines is 2. The average molecular weight is 276 g/mol. The summed E-state index contributed by atoms with van der Waals surface area (Å²) in [5.74, 6) is -0.0378. The Bertz CT molecular complexity index is 593. The summed E-state index contributed by atoms with van der Waals surface area (Å²) >= 11 is 5.77. The number of carbonyl (C=O) groups excluding carboxylic acids is 1. The molecule has 2 rings (SSSR count). The molecule has 0 spiro atoms. The molecule has 0 fully saturated rings. The fraction of sp³-hybridized carbons (Fsp3) is 0.143. The number of nitrogens with one attached hydrogen (secondary N) is 1. The van der Waals surface area contributed by atoms with Gasteiger partial charge in [-0.05, 0) is 36.2 Å². The van der Waals surface area contributed by atoms with Crippen molar-refractivity contribution in [1.82, 2.24) is 4.98 Å². The van der Waals surface area contributed by atoms with Crippen molar-refractivity contribution in [1.29, 1.82) is 0 Å². The van der Waals surface area contributed by atoms with Crippen LogP contribution in [0.5, 0.6) is 0 Å². The van der Waals surface area contributed by atoms with E-state index in [1.165, 1.54) is 12.1 Å². The molecule has 0 unspecified atom stereocenters. The molecule has 1 aromatic heterocycles. The van der Waals surface area contributed by atoms with Gasteiger partial charge in [0.2, 0.25) is 0 Å². The van der Waals surface area contributed by atoms with Crippen LogP contribution in [0.2, 0.25) is 5.15 Å². The van der Waals surface area contributed by atoms with Crippen LogP contribution in [0.25, 0.3) is 0 Å². The van der Waals surface area contributed by atoms with Gasteiger partial charge in [-0.3, -0.25) is 4.79 Å². The first-order valence-electron chi connectivity index (χ1n) is 5.92. The molecular formula is C14H14ClN3O. The van der Waals surface area contributed by atoms with Gasteiger partial charge in [0.25, 0.3) is 5.91 Å². The van der Waals surface area contributed by atoms with Crippen LogP contribution in [-0.4, -0.2) is 10.9 Å². The predicted molar refractivity (Wildman–Crippen MR) is 77.4 cm³/mol. The molecule has 2 aromatic rings. The van der Waals surface area contributed by atoms with Crippen LogP contribution < -0.4 is 11.1 Å². The lowest BCUT2D eigenvalue weighted by Gasteiger charge is -2.07. The summed E-state index contributed by atoms with van der Waals surface area (Å²) in [5, 5.41) is 3.01. The summed E-state index contributed by atoms with van der Waals surface area (Å²) in [6.07, 6.45) is 0.914. The van der Waals surface area contributed by atoms with Gasteiger partial charge in [0, 0.05) is 11.3 Å². The van der Waals surface area contributed by atoms with E-state index in [-0.39, 0.29) is 16.9 Å². The summed E-state index contributed by atoms with van der Waals surface area (Å²) < 4.78 is 0. The maximum absolute atomic E-state index is 12.1. The van der Waals surface area contributed by atoms with Crippen molar-refractivity contribution in [3.05, 3.63) is 52.7 Å². The van der Waals surface area contributed by atoms with Gasteiger partial charge in [0.05, 0.1) is 0 Å². The second kappa shape index (κ2) is 5.71. The van der Waals surface area contributed by atoms with Gasteiger partial charge in [0.15, 0.2) is 0 Å².